The molecule has 2 aliphatic rings. The Morgan fingerprint density at radius 3 is 2.08 bits per heavy atom. The number of urea groups is 1. The van der Waals surface area contributed by atoms with Crippen molar-refractivity contribution in [2.75, 3.05) is 19.7 Å². The average Bonchev–Trinajstić information content (AvgIpc) is 3.78. The Labute approximate surface area is 305 Å². The molecule has 5 aromatic carbocycles. The zero-order valence-electron chi connectivity index (χ0n) is 28.4. The standard InChI is InChI=1S/C43H34N6O2S/c1-28-20-31(38-37(30-13-11-12-29(21-30)23-44)47-40(52-38)39-42(27-51-39)25-48(26-42)41(45)50)22-36-35(28)24-46-49(36)43(32-14-5-2-6-15-32,33-16-7-3-8-17-33)34-18-9-4-10-19-34/h2-22,24,39H,25-27H2,1H3,(H2,45,50). The predicted octanol–water partition coefficient (Wildman–Crippen LogP) is 8.30. The number of fused-ring (bicyclic) bond motifs is 1. The first kappa shape index (κ1) is 31.9. The lowest BCUT2D eigenvalue weighted by Crippen LogP contribution is -2.69. The number of hydrogen-bond donors (Lipinski definition) is 1. The van der Waals surface area contributed by atoms with Crippen molar-refractivity contribution in [3.63, 3.8) is 0 Å². The fourth-order valence-electron chi connectivity index (χ4n) is 8.04. The maximum atomic E-state index is 11.9. The number of nitriles is 1. The molecular weight excluding hydrogens is 665 g/mol. The highest BCUT2D eigenvalue weighted by molar-refractivity contribution is 7.15. The van der Waals surface area contributed by atoms with Gasteiger partial charge in [0.1, 0.15) is 16.7 Å². The van der Waals surface area contributed by atoms with Crippen molar-refractivity contribution < 1.29 is 9.53 Å². The van der Waals surface area contributed by atoms with Crippen molar-refractivity contribution in [3.05, 3.63) is 166 Å². The van der Waals surface area contributed by atoms with E-state index in [1.807, 2.05) is 42.6 Å². The van der Waals surface area contributed by atoms with Gasteiger partial charge in [0.25, 0.3) is 0 Å². The normalized spacial score (nSPS) is 16.3. The molecule has 2 aliphatic heterocycles. The van der Waals surface area contributed by atoms with Gasteiger partial charge in [-0.1, -0.05) is 103 Å². The van der Waals surface area contributed by atoms with E-state index in [2.05, 4.69) is 103 Å². The summed E-state index contributed by atoms with van der Waals surface area (Å²) in [5.74, 6) is 0. The van der Waals surface area contributed by atoms with Crippen LogP contribution in [0.2, 0.25) is 0 Å². The van der Waals surface area contributed by atoms with E-state index in [-0.39, 0.29) is 11.5 Å². The van der Waals surface area contributed by atoms with Crippen molar-refractivity contribution in [1.29, 1.82) is 5.26 Å². The number of hydrogen-bond acceptors (Lipinski definition) is 6. The molecule has 52 heavy (non-hydrogen) atoms. The van der Waals surface area contributed by atoms with Crippen LogP contribution >= 0.6 is 11.3 Å². The van der Waals surface area contributed by atoms with Crippen molar-refractivity contribution in [2.24, 2.45) is 11.1 Å². The Kier molecular flexibility index (Phi) is 7.54. The SMILES string of the molecule is Cc1cc(-c2sc(C3OCC34CN(C(N)=O)C4)nc2-c2cccc(C#N)c2)cc2c1cnn2C(c1ccccc1)(c1ccccc1)c1ccccc1. The molecule has 254 valence electrons. The number of rotatable bonds is 7. The van der Waals surface area contributed by atoms with E-state index in [1.165, 1.54) is 0 Å². The molecule has 0 radical (unpaired) electrons. The van der Waals surface area contributed by atoms with Gasteiger partial charge in [-0.2, -0.15) is 10.4 Å². The zero-order chi connectivity index (χ0) is 35.5. The monoisotopic (exact) mass is 698 g/mol. The topological polar surface area (TPSA) is 110 Å². The van der Waals surface area contributed by atoms with Gasteiger partial charge in [-0.05, 0) is 59.0 Å². The van der Waals surface area contributed by atoms with Crippen LogP contribution < -0.4 is 5.73 Å². The van der Waals surface area contributed by atoms with E-state index < -0.39 is 11.6 Å². The number of benzene rings is 5. The van der Waals surface area contributed by atoms with Crippen LogP contribution in [0, 0.1) is 23.7 Å². The zero-order valence-corrected chi connectivity index (χ0v) is 29.3. The summed E-state index contributed by atoms with van der Waals surface area (Å²) in [7, 11) is 0. The van der Waals surface area contributed by atoms with Gasteiger partial charge in [0.05, 0.1) is 45.9 Å². The van der Waals surface area contributed by atoms with Gasteiger partial charge in [0, 0.05) is 24.0 Å². The van der Waals surface area contributed by atoms with Crippen LogP contribution in [0.1, 0.15) is 38.9 Å². The number of carbonyl (C=O) groups excluding carboxylic acids is 1. The van der Waals surface area contributed by atoms with Gasteiger partial charge < -0.3 is 15.4 Å². The minimum atomic E-state index is -0.790. The first-order valence-corrected chi connectivity index (χ1v) is 18.1. The lowest BCUT2D eigenvalue weighted by Gasteiger charge is -2.58. The first-order chi connectivity index (χ1) is 25.4. The number of amides is 2. The van der Waals surface area contributed by atoms with Crippen LogP contribution in [0.5, 0.6) is 0 Å². The van der Waals surface area contributed by atoms with Crippen molar-refractivity contribution in [1.82, 2.24) is 19.7 Å². The largest absolute Gasteiger partial charge is 0.369 e. The Morgan fingerprint density at radius 1 is 0.885 bits per heavy atom. The number of aromatic nitrogens is 3. The molecule has 2 saturated heterocycles. The van der Waals surface area contributed by atoms with Gasteiger partial charge in [-0.3, -0.25) is 0 Å². The molecule has 0 saturated carbocycles. The number of aryl methyl sites for hydroxylation is 1. The maximum Gasteiger partial charge on any atom is 0.314 e. The van der Waals surface area contributed by atoms with E-state index in [9.17, 15) is 10.1 Å². The number of thiazole rings is 1. The lowest BCUT2D eigenvalue weighted by molar-refractivity contribution is -0.240. The molecule has 9 rings (SSSR count). The smallest absolute Gasteiger partial charge is 0.314 e. The summed E-state index contributed by atoms with van der Waals surface area (Å²) in [6.07, 6.45) is 1.72. The summed E-state index contributed by atoms with van der Waals surface area (Å²) < 4.78 is 8.36. The summed E-state index contributed by atoms with van der Waals surface area (Å²) in [5.41, 5.74) is 13.1. The highest BCUT2D eigenvalue weighted by atomic mass is 32.1. The van der Waals surface area contributed by atoms with E-state index >= 15 is 0 Å². The summed E-state index contributed by atoms with van der Waals surface area (Å²) in [6, 6.07) is 45.6. The Bertz CT molecular complexity index is 2400. The molecule has 9 heteroatoms. The number of likely N-dealkylation sites (tertiary alicyclic amines) is 1. The number of carbonyl (C=O) groups is 1. The number of primary amides is 1. The quantitative estimate of drug-likeness (QED) is 0.169. The summed E-state index contributed by atoms with van der Waals surface area (Å²) in [4.78, 5) is 19.8. The first-order valence-electron chi connectivity index (χ1n) is 17.2. The number of nitrogens with two attached hydrogens (primary N) is 1. The molecule has 2 aromatic heterocycles. The van der Waals surface area contributed by atoms with Crippen LogP contribution in [0.15, 0.2) is 134 Å². The van der Waals surface area contributed by atoms with E-state index in [0.29, 0.717) is 25.3 Å². The molecule has 1 unspecified atom stereocenters. The van der Waals surface area contributed by atoms with Gasteiger partial charge in [-0.15, -0.1) is 11.3 Å². The summed E-state index contributed by atoms with van der Waals surface area (Å²) >= 11 is 1.60. The second-order valence-electron chi connectivity index (χ2n) is 13.8. The van der Waals surface area contributed by atoms with Crippen LogP contribution in [-0.4, -0.2) is 45.4 Å². The third-order valence-corrected chi connectivity index (χ3v) is 11.7. The van der Waals surface area contributed by atoms with Gasteiger partial charge >= 0.3 is 6.03 Å². The predicted molar refractivity (Wildman–Crippen MR) is 203 cm³/mol. The minimum absolute atomic E-state index is 0.199. The molecular formula is C43H34N6O2S. The fraction of sp³-hybridized carbons (Fsp3) is 0.163. The summed E-state index contributed by atoms with van der Waals surface area (Å²) in [5, 5.41) is 16.9. The van der Waals surface area contributed by atoms with Crippen molar-refractivity contribution in [3.8, 4) is 27.8 Å². The highest BCUT2D eigenvalue weighted by Gasteiger charge is 2.59. The molecule has 1 atom stereocenters. The van der Waals surface area contributed by atoms with Crippen LogP contribution in [0.4, 0.5) is 4.79 Å². The van der Waals surface area contributed by atoms with Crippen molar-refractivity contribution in [2.45, 2.75) is 18.6 Å². The Morgan fingerprint density at radius 2 is 1.52 bits per heavy atom. The molecule has 4 heterocycles. The molecule has 2 amide bonds. The lowest BCUT2D eigenvalue weighted by atomic mass is 9.71. The highest BCUT2D eigenvalue weighted by Crippen LogP contribution is 2.55. The summed E-state index contributed by atoms with van der Waals surface area (Å²) in [6.45, 7) is 3.78. The fourth-order valence-corrected chi connectivity index (χ4v) is 9.31. The number of ether oxygens (including phenoxy) is 1. The number of nitrogens with zero attached hydrogens (tertiary/aromatic N) is 5. The second kappa shape index (κ2) is 12.3. The van der Waals surface area contributed by atoms with E-state index in [4.69, 9.17) is 20.6 Å². The van der Waals surface area contributed by atoms with E-state index in [0.717, 1.165) is 59.9 Å². The molecule has 1 spiro atoms. The average molecular weight is 699 g/mol. The van der Waals surface area contributed by atoms with Crippen LogP contribution in [-0.2, 0) is 10.3 Å². The molecule has 0 aliphatic carbocycles. The molecule has 0 bridgehead atoms. The maximum absolute atomic E-state index is 11.9. The van der Waals surface area contributed by atoms with Gasteiger partial charge in [-0.25, -0.2) is 14.5 Å². The van der Waals surface area contributed by atoms with Crippen LogP contribution in [0.25, 0.3) is 32.6 Å². The second-order valence-corrected chi connectivity index (χ2v) is 14.8. The van der Waals surface area contributed by atoms with Gasteiger partial charge in [0.15, 0.2) is 0 Å². The van der Waals surface area contributed by atoms with Crippen LogP contribution in [0.3, 0.4) is 0 Å². The van der Waals surface area contributed by atoms with Gasteiger partial charge in [0.2, 0.25) is 0 Å². The Hall–Kier alpha value is -6.08. The molecule has 7 aromatic rings. The molecule has 2 fully saturated rings. The molecule has 8 nitrogen and oxygen atoms in total. The van der Waals surface area contributed by atoms with E-state index in [1.54, 1.807) is 22.3 Å². The third kappa shape index (κ3) is 4.87. The Balaban J connectivity index is 1.27. The minimum Gasteiger partial charge on any atom is -0.369 e. The van der Waals surface area contributed by atoms with Crippen molar-refractivity contribution >= 4 is 28.3 Å². The molecule has 2 N–H and O–H groups in total. The third-order valence-electron chi connectivity index (χ3n) is 10.6.